The zero-order valence-electron chi connectivity index (χ0n) is 15.9. The zero-order valence-corrected chi connectivity index (χ0v) is 16.7. The molecular formula is C18H25N7O2S. The van der Waals surface area contributed by atoms with Crippen LogP contribution in [0, 0.1) is 5.41 Å². The number of aromatic amines is 1. The Morgan fingerprint density at radius 3 is 3.18 bits per heavy atom. The first-order valence-electron chi connectivity index (χ1n) is 9.01. The SMILES string of the molecule is CSNCC1CN(c2cc(-c3cnc(/C=C\C(=N)C(C)O)[nH]3)ncn2)CCO1. The van der Waals surface area contributed by atoms with Crippen molar-refractivity contribution in [3.63, 3.8) is 0 Å². The van der Waals surface area contributed by atoms with Crippen LogP contribution in [-0.2, 0) is 4.74 Å². The van der Waals surface area contributed by atoms with Crippen molar-refractivity contribution in [1.82, 2.24) is 24.7 Å². The summed E-state index contributed by atoms with van der Waals surface area (Å²) in [6.45, 7) is 4.55. The Bertz CT molecular complexity index is 824. The van der Waals surface area contributed by atoms with Gasteiger partial charge in [0.25, 0.3) is 0 Å². The molecule has 1 fully saturated rings. The monoisotopic (exact) mass is 403 g/mol. The molecule has 3 rings (SSSR count). The van der Waals surface area contributed by atoms with Crippen LogP contribution in [0.3, 0.4) is 0 Å². The summed E-state index contributed by atoms with van der Waals surface area (Å²) >= 11 is 1.58. The normalized spacial score (nSPS) is 18.5. The van der Waals surface area contributed by atoms with Crippen LogP contribution in [0.4, 0.5) is 5.82 Å². The van der Waals surface area contributed by atoms with Gasteiger partial charge in [-0.3, -0.25) is 4.72 Å². The topological polar surface area (TPSA) is 123 Å². The number of aromatic nitrogens is 4. The number of nitrogens with zero attached hydrogens (tertiary/aromatic N) is 4. The van der Waals surface area contributed by atoms with Gasteiger partial charge in [0.05, 0.1) is 42.1 Å². The zero-order chi connectivity index (χ0) is 19.9. The third-order valence-electron chi connectivity index (χ3n) is 4.31. The number of anilines is 1. The van der Waals surface area contributed by atoms with Gasteiger partial charge >= 0.3 is 0 Å². The number of aliphatic hydroxyl groups is 1. The molecule has 2 aromatic rings. The summed E-state index contributed by atoms with van der Waals surface area (Å²) in [5.74, 6) is 1.44. The third-order valence-corrected chi connectivity index (χ3v) is 4.77. The molecule has 0 bridgehead atoms. The Hall–Kier alpha value is -2.27. The van der Waals surface area contributed by atoms with Crippen LogP contribution >= 0.6 is 11.9 Å². The number of nitrogens with one attached hydrogen (secondary N) is 3. The number of aliphatic hydroxyl groups excluding tert-OH is 1. The van der Waals surface area contributed by atoms with E-state index >= 15 is 0 Å². The van der Waals surface area contributed by atoms with Crippen molar-refractivity contribution in [2.45, 2.75) is 19.1 Å². The first kappa shape index (κ1) is 20.5. The molecule has 2 unspecified atom stereocenters. The van der Waals surface area contributed by atoms with Gasteiger partial charge in [-0.1, -0.05) is 11.9 Å². The van der Waals surface area contributed by atoms with E-state index in [9.17, 15) is 5.11 Å². The van der Waals surface area contributed by atoms with Crippen molar-refractivity contribution in [3.8, 4) is 11.4 Å². The molecule has 4 N–H and O–H groups in total. The summed E-state index contributed by atoms with van der Waals surface area (Å²) in [4.78, 5) is 18.4. The molecule has 3 heterocycles. The van der Waals surface area contributed by atoms with Gasteiger partial charge in [0, 0.05) is 25.7 Å². The number of imidazole rings is 1. The Balaban J connectivity index is 1.70. The number of morpholine rings is 1. The lowest BCUT2D eigenvalue weighted by molar-refractivity contribution is 0.0444. The van der Waals surface area contributed by atoms with Gasteiger partial charge < -0.3 is 25.1 Å². The Kier molecular flexibility index (Phi) is 7.15. The smallest absolute Gasteiger partial charge is 0.132 e. The molecule has 0 spiro atoms. The number of rotatable bonds is 8. The van der Waals surface area contributed by atoms with E-state index in [2.05, 4.69) is 29.6 Å². The highest BCUT2D eigenvalue weighted by atomic mass is 32.2. The number of H-pyrrole nitrogens is 1. The lowest BCUT2D eigenvalue weighted by Gasteiger charge is -2.33. The molecule has 9 nitrogen and oxygen atoms in total. The van der Waals surface area contributed by atoms with Crippen molar-refractivity contribution >= 4 is 29.6 Å². The van der Waals surface area contributed by atoms with Crippen LogP contribution in [-0.4, -0.2) is 75.5 Å². The molecule has 0 amide bonds. The molecule has 1 aliphatic rings. The number of hydrogen-bond donors (Lipinski definition) is 4. The van der Waals surface area contributed by atoms with Crippen LogP contribution in [0.5, 0.6) is 0 Å². The minimum absolute atomic E-state index is 0.118. The lowest BCUT2D eigenvalue weighted by atomic mass is 10.2. The quantitative estimate of drug-likeness (QED) is 0.385. The maximum Gasteiger partial charge on any atom is 0.132 e. The maximum atomic E-state index is 9.36. The molecular weight excluding hydrogens is 378 g/mol. The minimum atomic E-state index is -0.807. The van der Waals surface area contributed by atoms with E-state index in [1.807, 2.05) is 12.3 Å². The lowest BCUT2D eigenvalue weighted by Crippen LogP contribution is -2.46. The Morgan fingerprint density at radius 1 is 1.54 bits per heavy atom. The average Bonchev–Trinajstić information content (AvgIpc) is 3.20. The summed E-state index contributed by atoms with van der Waals surface area (Å²) in [7, 11) is 0. The standard InChI is InChI=1S/C18H25N7O2S/c1-12(26)14(19)3-4-17-20-9-16(24-17)15-7-18(22-11-21-15)25-5-6-27-13(10-25)8-23-28-2/h3-4,7,9,11-13,19,23,26H,5-6,8,10H2,1-2H3,(H,20,24)/b4-3-,19-14?. The maximum absolute atomic E-state index is 9.36. The van der Waals surface area contributed by atoms with E-state index in [1.165, 1.54) is 6.08 Å². The molecule has 0 saturated carbocycles. The molecule has 2 atom stereocenters. The van der Waals surface area contributed by atoms with Crippen LogP contribution in [0.25, 0.3) is 17.5 Å². The molecule has 28 heavy (non-hydrogen) atoms. The molecule has 1 aliphatic heterocycles. The van der Waals surface area contributed by atoms with E-state index in [-0.39, 0.29) is 11.8 Å². The van der Waals surface area contributed by atoms with Gasteiger partial charge in [0.2, 0.25) is 0 Å². The molecule has 0 aliphatic carbocycles. The van der Waals surface area contributed by atoms with Gasteiger partial charge in [-0.05, 0) is 25.3 Å². The van der Waals surface area contributed by atoms with Crippen molar-refractivity contribution in [2.75, 3.05) is 37.4 Å². The van der Waals surface area contributed by atoms with Crippen LogP contribution in [0.1, 0.15) is 12.7 Å². The van der Waals surface area contributed by atoms with Gasteiger partial charge in [0.15, 0.2) is 0 Å². The van der Waals surface area contributed by atoms with E-state index in [0.717, 1.165) is 36.8 Å². The van der Waals surface area contributed by atoms with E-state index in [1.54, 1.807) is 37.5 Å². The first-order chi connectivity index (χ1) is 13.6. The van der Waals surface area contributed by atoms with Crippen molar-refractivity contribution in [3.05, 3.63) is 30.5 Å². The molecule has 0 aromatic carbocycles. The highest BCUT2D eigenvalue weighted by Crippen LogP contribution is 2.21. The number of hydrogen-bond acceptors (Lipinski definition) is 9. The molecule has 150 valence electrons. The second kappa shape index (κ2) is 9.78. The molecule has 10 heteroatoms. The highest BCUT2D eigenvalue weighted by molar-refractivity contribution is 7.96. The number of ether oxygens (including phenoxy) is 1. The van der Waals surface area contributed by atoms with E-state index in [0.29, 0.717) is 12.4 Å². The second-order valence-corrected chi connectivity index (χ2v) is 7.10. The second-order valence-electron chi connectivity index (χ2n) is 6.40. The van der Waals surface area contributed by atoms with Gasteiger partial charge in [-0.2, -0.15) is 0 Å². The minimum Gasteiger partial charge on any atom is -0.387 e. The van der Waals surface area contributed by atoms with Crippen LogP contribution < -0.4 is 9.62 Å². The fourth-order valence-electron chi connectivity index (χ4n) is 2.75. The summed E-state index contributed by atoms with van der Waals surface area (Å²) in [6, 6.07) is 1.93. The first-order valence-corrected chi connectivity index (χ1v) is 10.2. The predicted octanol–water partition coefficient (Wildman–Crippen LogP) is 1.35. The third kappa shape index (κ3) is 5.38. The van der Waals surface area contributed by atoms with Gasteiger partial charge in [0.1, 0.15) is 18.0 Å². The van der Waals surface area contributed by atoms with E-state index in [4.69, 9.17) is 10.1 Å². The molecule has 2 aromatic heterocycles. The van der Waals surface area contributed by atoms with Crippen molar-refractivity contribution in [2.24, 2.45) is 0 Å². The van der Waals surface area contributed by atoms with E-state index < -0.39 is 6.10 Å². The summed E-state index contributed by atoms with van der Waals surface area (Å²) in [5, 5.41) is 17.0. The fourth-order valence-corrected chi connectivity index (χ4v) is 3.11. The van der Waals surface area contributed by atoms with Gasteiger partial charge in [-0.25, -0.2) is 15.0 Å². The predicted molar refractivity (Wildman–Crippen MR) is 112 cm³/mol. The largest absolute Gasteiger partial charge is 0.387 e. The Labute approximate surface area is 168 Å². The average molecular weight is 404 g/mol. The summed E-state index contributed by atoms with van der Waals surface area (Å²) < 4.78 is 9.03. The van der Waals surface area contributed by atoms with Crippen molar-refractivity contribution < 1.29 is 9.84 Å². The van der Waals surface area contributed by atoms with Crippen LogP contribution in [0.2, 0.25) is 0 Å². The highest BCUT2D eigenvalue weighted by Gasteiger charge is 2.21. The molecule has 1 saturated heterocycles. The van der Waals surface area contributed by atoms with Gasteiger partial charge in [-0.15, -0.1) is 0 Å². The molecule has 0 radical (unpaired) electrons. The Morgan fingerprint density at radius 2 is 2.39 bits per heavy atom. The fraction of sp³-hybridized carbons (Fsp3) is 0.444. The van der Waals surface area contributed by atoms with Crippen LogP contribution in [0.15, 0.2) is 24.7 Å². The summed E-state index contributed by atoms with van der Waals surface area (Å²) in [6.07, 6.45) is 7.74. The summed E-state index contributed by atoms with van der Waals surface area (Å²) in [5.41, 5.74) is 1.63. The van der Waals surface area contributed by atoms with Crippen molar-refractivity contribution in [1.29, 1.82) is 5.41 Å².